The van der Waals surface area contributed by atoms with E-state index in [-0.39, 0.29) is 17.3 Å². The molecule has 0 aromatic rings. The standard InChI is InChI=1S/C16H30N2O3/c1-12(2)9-13(15(20)21-3)18-14(19)10-16(11-17)7-5-4-6-8-16/h12-13H,4-11,17H2,1-3H3,(H,18,19). The lowest BCUT2D eigenvalue weighted by Gasteiger charge is -2.36. The molecule has 0 radical (unpaired) electrons. The van der Waals surface area contributed by atoms with Crippen molar-refractivity contribution in [1.29, 1.82) is 0 Å². The van der Waals surface area contributed by atoms with Crippen LogP contribution in [0.5, 0.6) is 0 Å². The molecule has 1 rings (SSSR count). The minimum atomic E-state index is -0.555. The average molecular weight is 298 g/mol. The van der Waals surface area contributed by atoms with Crippen molar-refractivity contribution in [2.45, 2.75) is 64.8 Å². The Bertz CT molecular complexity index is 349. The molecule has 1 fully saturated rings. The highest BCUT2D eigenvalue weighted by molar-refractivity contribution is 5.84. The van der Waals surface area contributed by atoms with Gasteiger partial charge >= 0.3 is 5.97 Å². The molecular weight excluding hydrogens is 268 g/mol. The van der Waals surface area contributed by atoms with Gasteiger partial charge in [-0.25, -0.2) is 4.79 Å². The first-order valence-corrected chi connectivity index (χ1v) is 8.00. The maximum absolute atomic E-state index is 12.3. The number of nitrogens with one attached hydrogen (secondary N) is 1. The van der Waals surface area contributed by atoms with Crippen LogP contribution in [-0.4, -0.2) is 31.6 Å². The summed E-state index contributed by atoms with van der Waals surface area (Å²) in [4.78, 5) is 24.1. The van der Waals surface area contributed by atoms with Crippen molar-refractivity contribution in [3.63, 3.8) is 0 Å². The number of hydrogen-bond donors (Lipinski definition) is 2. The fraction of sp³-hybridized carbons (Fsp3) is 0.875. The number of hydrogen-bond acceptors (Lipinski definition) is 4. The minimum absolute atomic E-state index is 0.0825. The van der Waals surface area contributed by atoms with Gasteiger partial charge in [-0.2, -0.15) is 0 Å². The third-order valence-electron chi connectivity index (χ3n) is 4.41. The number of rotatable bonds is 7. The molecule has 21 heavy (non-hydrogen) atoms. The van der Waals surface area contributed by atoms with Crippen molar-refractivity contribution in [2.24, 2.45) is 17.1 Å². The lowest BCUT2D eigenvalue weighted by atomic mass is 9.71. The highest BCUT2D eigenvalue weighted by Gasteiger charge is 2.34. The van der Waals surface area contributed by atoms with Crippen LogP contribution in [0.2, 0.25) is 0 Å². The fourth-order valence-corrected chi connectivity index (χ4v) is 3.17. The van der Waals surface area contributed by atoms with Crippen LogP contribution in [-0.2, 0) is 14.3 Å². The van der Waals surface area contributed by atoms with E-state index in [9.17, 15) is 9.59 Å². The van der Waals surface area contributed by atoms with E-state index in [1.807, 2.05) is 13.8 Å². The lowest BCUT2D eigenvalue weighted by Crippen LogP contribution is -2.45. The molecule has 0 aromatic carbocycles. The van der Waals surface area contributed by atoms with Gasteiger partial charge in [-0.3, -0.25) is 4.79 Å². The van der Waals surface area contributed by atoms with Gasteiger partial charge in [0.05, 0.1) is 7.11 Å². The summed E-state index contributed by atoms with van der Waals surface area (Å²) in [7, 11) is 1.35. The Kier molecular flexibility index (Phi) is 7.15. The minimum Gasteiger partial charge on any atom is -0.467 e. The molecule has 0 aromatic heterocycles. The Morgan fingerprint density at radius 1 is 1.24 bits per heavy atom. The molecule has 5 heteroatoms. The second kappa shape index (κ2) is 8.37. The highest BCUT2D eigenvalue weighted by Crippen LogP contribution is 2.38. The van der Waals surface area contributed by atoms with E-state index < -0.39 is 6.04 Å². The molecule has 1 saturated carbocycles. The van der Waals surface area contributed by atoms with Crippen LogP contribution in [0.3, 0.4) is 0 Å². The largest absolute Gasteiger partial charge is 0.467 e. The number of methoxy groups -OCH3 is 1. The van der Waals surface area contributed by atoms with Crippen molar-refractivity contribution in [3.8, 4) is 0 Å². The summed E-state index contributed by atoms with van der Waals surface area (Å²) in [6, 6.07) is -0.555. The van der Waals surface area contributed by atoms with Gasteiger partial charge in [0.15, 0.2) is 0 Å². The van der Waals surface area contributed by atoms with Crippen molar-refractivity contribution in [1.82, 2.24) is 5.32 Å². The van der Waals surface area contributed by atoms with Gasteiger partial charge in [-0.05, 0) is 37.1 Å². The first kappa shape index (κ1) is 18.0. The monoisotopic (exact) mass is 298 g/mol. The zero-order chi connectivity index (χ0) is 15.9. The third-order valence-corrected chi connectivity index (χ3v) is 4.41. The van der Waals surface area contributed by atoms with Gasteiger partial charge in [0.25, 0.3) is 0 Å². The Hall–Kier alpha value is -1.10. The number of esters is 1. The number of ether oxygens (including phenoxy) is 1. The molecule has 0 spiro atoms. The molecule has 5 nitrogen and oxygen atoms in total. The number of amides is 1. The topological polar surface area (TPSA) is 81.4 Å². The van der Waals surface area contributed by atoms with Crippen LogP contribution < -0.4 is 11.1 Å². The summed E-state index contributed by atoms with van der Waals surface area (Å²) in [5.41, 5.74) is 5.83. The Balaban J connectivity index is 2.61. The predicted octanol–water partition coefficient (Wildman–Crippen LogP) is 1.99. The molecule has 1 atom stereocenters. The van der Waals surface area contributed by atoms with Crippen LogP contribution in [0.4, 0.5) is 0 Å². The van der Waals surface area contributed by atoms with Gasteiger partial charge in [-0.15, -0.1) is 0 Å². The molecule has 0 aliphatic heterocycles. The summed E-state index contributed by atoms with van der Waals surface area (Å²) in [5, 5.41) is 2.84. The molecule has 1 aliphatic carbocycles. The Labute approximate surface area is 128 Å². The van der Waals surface area contributed by atoms with Gasteiger partial charge in [0, 0.05) is 6.42 Å². The summed E-state index contributed by atoms with van der Waals surface area (Å²) < 4.78 is 4.78. The second-order valence-corrected chi connectivity index (χ2v) is 6.71. The predicted molar refractivity (Wildman–Crippen MR) is 82.6 cm³/mol. The van der Waals surface area contributed by atoms with E-state index in [1.54, 1.807) is 0 Å². The average Bonchev–Trinajstić information content (AvgIpc) is 2.46. The summed E-state index contributed by atoms with van der Waals surface area (Å²) >= 11 is 0. The number of carbonyl (C=O) groups is 2. The smallest absolute Gasteiger partial charge is 0.328 e. The van der Waals surface area contributed by atoms with E-state index in [0.717, 1.165) is 25.7 Å². The van der Waals surface area contributed by atoms with E-state index in [2.05, 4.69) is 5.32 Å². The van der Waals surface area contributed by atoms with Gasteiger partial charge in [0.2, 0.25) is 5.91 Å². The number of carbonyl (C=O) groups excluding carboxylic acids is 2. The van der Waals surface area contributed by atoms with Crippen molar-refractivity contribution >= 4 is 11.9 Å². The molecule has 0 saturated heterocycles. The van der Waals surface area contributed by atoms with Crippen LogP contribution in [0.1, 0.15) is 58.8 Å². The van der Waals surface area contributed by atoms with E-state index >= 15 is 0 Å². The first-order chi connectivity index (χ1) is 9.92. The SMILES string of the molecule is COC(=O)C(CC(C)C)NC(=O)CC1(CN)CCCCC1. The normalized spacial score (nSPS) is 19.1. The zero-order valence-corrected chi connectivity index (χ0v) is 13.6. The van der Waals surface area contributed by atoms with Gasteiger partial charge in [0.1, 0.15) is 6.04 Å². The third kappa shape index (κ3) is 5.65. The molecule has 1 amide bonds. The van der Waals surface area contributed by atoms with E-state index in [4.69, 9.17) is 10.5 Å². The molecule has 0 heterocycles. The molecule has 1 aliphatic rings. The molecule has 3 N–H and O–H groups in total. The lowest BCUT2D eigenvalue weighted by molar-refractivity contribution is -0.145. The molecule has 0 bridgehead atoms. The van der Waals surface area contributed by atoms with Crippen LogP contribution in [0.25, 0.3) is 0 Å². The second-order valence-electron chi connectivity index (χ2n) is 6.71. The summed E-state index contributed by atoms with van der Waals surface area (Å²) in [5.74, 6) is -0.145. The zero-order valence-electron chi connectivity index (χ0n) is 13.6. The van der Waals surface area contributed by atoms with Crippen LogP contribution in [0, 0.1) is 11.3 Å². The highest BCUT2D eigenvalue weighted by atomic mass is 16.5. The maximum Gasteiger partial charge on any atom is 0.328 e. The molecule has 1 unspecified atom stereocenters. The quantitative estimate of drug-likeness (QED) is 0.704. The van der Waals surface area contributed by atoms with E-state index in [0.29, 0.717) is 25.3 Å². The van der Waals surface area contributed by atoms with Gasteiger partial charge < -0.3 is 15.8 Å². The number of nitrogens with two attached hydrogens (primary N) is 1. The molecule has 122 valence electrons. The summed E-state index contributed by atoms with van der Waals surface area (Å²) in [6.45, 7) is 4.57. The maximum atomic E-state index is 12.3. The van der Waals surface area contributed by atoms with Crippen molar-refractivity contribution in [2.75, 3.05) is 13.7 Å². The summed E-state index contributed by atoms with van der Waals surface area (Å²) in [6.07, 6.45) is 6.51. The fourth-order valence-electron chi connectivity index (χ4n) is 3.17. The van der Waals surface area contributed by atoms with Gasteiger partial charge in [-0.1, -0.05) is 33.1 Å². The Morgan fingerprint density at radius 3 is 2.33 bits per heavy atom. The van der Waals surface area contributed by atoms with Crippen molar-refractivity contribution < 1.29 is 14.3 Å². The molecular formula is C16H30N2O3. The van der Waals surface area contributed by atoms with Crippen molar-refractivity contribution in [3.05, 3.63) is 0 Å². The van der Waals surface area contributed by atoms with Crippen LogP contribution >= 0.6 is 0 Å². The Morgan fingerprint density at radius 2 is 1.86 bits per heavy atom. The van der Waals surface area contributed by atoms with E-state index in [1.165, 1.54) is 13.5 Å². The first-order valence-electron chi connectivity index (χ1n) is 8.00. The van der Waals surface area contributed by atoms with Crippen LogP contribution in [0.15, 0.2) is 0 Å².